The van der Waals surface area contributed by atoms with E-state index in [0.717, 1.165) is 26.1 Å². The molecule has 2 atom stereocenters. The summed E-state index contributed by atoms with van der Waals surface area (Å²) in [4.78, 5) is 2.37. The minimum absolute atomic E-state index is 0.388. The molecule has 2 rings (SSSR count). The Hall–Kier alpha value is -0.120. The lowest BCUT2D eigenvalue weighted by atomic mass is 10.3. The third-order valence-electron chi connectivity index (χ3n) is 2.57. The van der Waals surface area contributed by atoms with E-state index < -0.39 is 0 Å². The highest BCUT2D eigenvalue weighted by atomic mass is 16.5. The maximum atomic E-state index is 5.80. The number of nitrogens with two attached hydrogens (primary N) is 1. The van der Waals surface area contributed by atoms with E-state index in [9.17, 15) is 0 Å². The van der Waals surface area contributed by atoms with E-state index in [1.165, 1.54) is 12.8 Å². The molecular formula is C8H16N2O. The fourth-order valence-electron chi connectivity index (χ4n) is 1.93. The fraction of sp³-hybridized carbons (Fsp3) is 1.00. The molecule has 2 aliphatic heterocycles. The molecule has 0 radical (unpaired) electrons. The van der Waals surface area contributed by atoms with Gasteiger partial charge in [-0.1, -0.05) is 0 Å². The standard InChI is InChI=1S/C8H16N2O/c9-7-3-4-10(6-7)8-2-1-5-11-8/h7-8H,1-6,9H2/t7?,8-/m0/s1. The first-order chi connectivity index (χ1) is 5.36. The van der Waals surface area contributed by atoms with Gasteiger partial charge in [0.15, 0.2) is 0 Å². The quantitative estimate of drug-likeness (QED) is 0.587. The first-order valence-electron chi connectivity index (χ1n) is 4.47. The van der Waals surface area contributed by atoms with E-state index in [1.54, 1.807) is 0 Å². The summed E-state index contributed by atoms with van der Waals surface area (Å²) in [6, 6.07) is 0.388. The zero-order valence-corrected chi connectivity index (χ0v) is 6.83. The van der Waals surface area contributed by atoms with E-state index in [4.69, 9.17) is 10.5 Å². The molecule has 3 nitrogen and oxygen atoms in total. The molecule has 0 bridgehead atoms. The lowest BCUT2D eigenvalue weighted by Gasteiger charge is -2.22. The average molecular weight is 156 g/mol. The largest absolute Gasteiger partial charge is 0.363 e. The van der Waals surface area contributed by atoms with Crippen LogP contribution < -0.4 is 5.73 Å². The van der Waals surface area contributed by atoms with Crippen molar-refractivity contribution < 1.29 is 4.74 Å². The smallest absolute Gasteiger partial charge is 0.110 e. The maximum absolute atomic E-state index is 5.80. The van der Waals surface area contributed by atoms with Crippen molar-refractivity contribution in [2.24, 2.45) is 5.73 Å². The molecule has 0 spiro atoms. The lowest BCUT2D eigenvalue weighted by molar-refractivity contribution is -0.00678. The van der Waals surface area contributed by atoms with Crippen LogP contribution in [-0.2, 0) is 4.74 Å². The van der Waals surface area contributed by atoms with E-state index >= 15 is 0 Å². The molecule has 0 aromatic carbocycles. The van der Waals surface area contributed by atoms with Crippen molar-refractivity contribution in [2.75, 3.05) is 19.7 Å². The molecule has 2 N–H and O–H groups in total. The lowest BCUT2D eigenvalue weighted by Crippen LogP contribution is -2.34. The van der Waals surface area contributed by atoms with Crippen molar-refractivity contribution in [2.45, 2.75) is 31.5 Å². The van der Waals surface area contributed by atoms with Crippen LogP contribution in [0.4, 0.5) is 0 Å². The highest BCUT2D eigenvalue weighted by Crippen LogP contribution is 2.20. The van der Waals surface area contributed by atoms with Gasteiger partial charge >= 0.3 is 0 Å². The maximum Gasteiger partial charge on any atom is 0.110 e. The van der Waals surface area contributed by atoms with Gasteiger partial charge in [-0.15, -0.1) is 0 Å². The van der Waals surface area contributed by atoms with Crippen molar-refractivity contribution in [1.82, 2.24) is 4.90 Å². The second-order valence-electron chi connectivity index (χ2n) is 3.51. The first-order valence-corrected chi connectivity index (χ1v) is 4.47. The molecule has 2 aliphatic rings. The van der Waals surface area contributed by atoms with E-state index in [0.29, 0.717) is 12.3 Å². The molecule has 0 aromatic rings. The van der Waals surface area contributed by atoms with E-state index in [1.807, 2.05) is 0 Å². The first kappa shape index (κ1) is 7.53. The molecule has 2 saturated heterocycles. The van der Waals surface area contributed by atoms with Crippen LogP contribution in [0.3, 0.4) is 0 Å². The second kappa shape index (κ2) is 3.09. The van der Waals surface area contributed by atoms with Gasteiger partial charge in [-0.3, -0.25) is 4.90 Å². The van der Waals surface area contributed by atoms with Crippen LogP contribution in [0.15, 0.2) is 0 Å². The van der Waals surface area contributed by atoms with Crippen LogP contribution in [0.5, 0.6) is 0 Å². The van der Waals surface area contributed by atoms with Gasteiger partial charge < -0.3 is 10.5 Å². The summed E-state index contributed by atoms with van der Waals surface area (Å²) < 4.78 is 5.56. The Bertz CT molecular complexity index is 134. The molecule has 0 aliphatic carbocycles. The Balaban J connectivity index is 1.85. The molecule has 1 unspecified atom stereocenters. The molecule has 0 saturated carbocycles. The number of rotatable bonds is 1. The molecular weight excluding hydrogens is 140 g/mol. The molecule has 3 heteroatoms. The van der Waals surface area contributed by atoms with Gasteiger partial charge in [0.1, 0.15) is 6.23 Å². The third-order valence-corrected chi connectivity index (χ3v) is 2.57. The molecule has 11 heavy (non-hydrogen) atoms. The van der Waals surface area contributed by atoms with Crippen LogP contribution in [-0.4, -0.2) is 36.9 Å². The third kappa shape index (κ3) is 1.55. The van der Waals surface area contributed by atoms with Gasteiger partial charge in [0.2, 0.25) is 0 Å². The van der Waals surface area contributed by atoms with Crippen LogP contribution in [0.1, 0.15) is 19.3 Å². The zero-order valence-electron chi connectivity index (χ0n) is 6.83. The Labute approximate surface area is 67.5 Å². The van der Waals surface area contributed by atoms with Crippen molar-refractivity contribution in [3.05, 3.63) is 0 Å². The Morgan fingerprint density at radius 2 is 2.27 bits per heavy atom. The van der Waals surface area contributed by atoms with Crippen molar-refractivity contribution in [3.63, 3.8) is 0 Å². The van der Waals surface area contributed by atoms with Gasteiger partial charge in [0.25, 0.3) is 0 Å². The molecule has 64 valence electrons. The Morgan fingerprint density at radius 1 is 1.36 bits per heavy atom. The number of ether oxygens (including phenoxy) is 1. The predicted molar refractivity (Wildman–Crippen MR) is 43.1 cm³/mol. The Kier molecular flexibility index (Phi) is 2.11. The summed E-state index contributed by atoms with van der Waals surface area (Å²) in [6.45, 7) is 3.10. The van der Waals surface area contributed by atoms with Gasteiger partial charge in [-0.25, -0.2) is 0 Å². The van der Waals surface area contributed by atoms with E-state index in [-0.39, 0.29) is 0 Å². The number of hydrogen-bond donors (Lipinski definition) is 1. The van der Waals surface area contributed by atoms with Gasteiger partial charge in [0.05, 0.1) is 0 Å². The summed E-state index contributed by atoms with van der Waals surface area (Å²) >= 11 is 0. The number of hydrogen-bond acceptors (Lipinski definition) is 3. The Morgan fingerprint density at radius 3 is 2.82 bits per heavy atom. The normalized spacial score (nSPS) is 40.1. The topological polar surface area (TPSA) is 38.5 Å². The average Bonchev–Trinajstić information content (AvgIpc) is 2.55. The number of likely N-dealkylation sites (tertiary alicyclic amines) is 1. The summed E-state index contributed by atoms with van der Waals surface area (Å²) in [7, 11) is 0. The molecule has 2 heterocycles. The highest BCUT2D eigenvalue weighted by Gasteiger charge is 2.28. The van der Waals surface area contributed by atoms with Gasteiger partial charge in [0, 0.05) is 25.7 Å². The van der Waals surface area contributed by atoms with Gasteiger partial charge in [-0.05, 0) is 19.3 Å². The zero-order chi connectivity index (χ0) is 7.68. The molecule has 0 aromatic heterocycles. The summed E-state index contributed by atoms with van der Waals surface area (Å²) in [5.74, 6) is 0. The van der Waals surface area contributed by atoms with Crippen LogP contribution >= 0.6 is 0 Å². The monoisotopic (exact) mass is 156 g/mol. The number of nitrogens with zero attached hydrogens (tertiary/aromatic N) is 1. The van der Waals surface area contributed by atoms with Crippen molar-refractivity contribution in [1.29, 1.82) is 0 Å². The minimum Gasteiger partial charge on any atom is -0.363 e. The van der Waals surface area contributed by atoms with Gasteiger partial charge in [-0.2, -0.15) is 0 Å². The summed E-state index contributed by atoms with van der Waals surface area (Å²) in [5.41, 5.74) is 5.80. The van der Waals surface area contributed by atoms with Crippen LogP contribution in [0.25, 0.3) is 0 Å². The summed E-state index contributed by atoms with van der Waals surface area (Å²) in [6.07, 6.45) is 3.95. The molecule has 2 fully saturated rings. The van der Waals surface area contributed by atoms with E-state index in [2.05, 4.69) is 4.90 Å². The fourth-order valence-corrected chi connectivity index (χ4v) is 1.93. The minimum atomic E-state index is 0.388. The SMILES string of the molecule is NC1CCN([C@@H]2CCCO2)C1. The predicted octanol–water partition coefficient (Wildman–Crippen LogP) is 0.156. The molecule has 0 amide bonds. The highest BCUT2D eigenvalue weighted by molar-refractivity contribution is 4.81. The van der Waals surface area contributed by atoms with Crippen molar-refractivity contribution in [3.8, 4) is 0 Å². The van der Waals surface area contributed by atoms with Crippen LogP contribution in [0.2, 0.25) is 0 Å². The van der Waals surface area contributed by atoms with Crippen LogP contribution in [0, 0.1) is 0 Å². The van der Waals surface area contributed by atoms with Crippen molar-refractivity contribution >= 4 is 0 Å². The second-order valence-corrected chi connectivity index (χ2v) is 3.51. The summed E-state index contributed by atoms with van der Waals surface area (Å²) in [5, 5.41) is 0.